The summed E-state index contributed by atoms with van der Waals surface area (Å²) in [6.07, 6.45) is 0.257. The number of hydrogen-bond donors (Lipinski definition) is 1. The van der Waals surface area contributed by atoms with Crippen LogP contribution in [0.15, 0.2) is 71.6 Å². The Kier molecular flexibility index (Phi) is 11.2. The Bertz CT molecular complexity index is 1450. The summed E-state index contributed by atoms with van der Waals surface area (Å²) in [5, 5.41) is 3.48. The number of rotatable bonds is 12. The van der Waals surface area contributed by atoms with E-state index in [1.165, 1.54) is 4.90 Å². The number of nitrogens with one attached hydrogen (secondary N) is 1. The van der Waals surface area contributed by atoms with Gasteiger partial charge in [-0.1, -0.05) is 67.7 Å². The first-order valence-corrected chi connectivity index (χ1v) is 15.4. The molecule has 3 aromatic carbocycles. The lowest BCUT2D eigenvalue weighted by Gasteiger charge is -2.33. The molecule has 0 aromatic heterocycles. The first-order chi connectivity index (χ1) is 19.3. The van der Waals surface area contributed by atoms with Gasteiger partial charge < -0.3 is 10.2 Å². The molecule has 0 saturated carbocycles. The average molecular weight is 623 g/mol. The highest BCUT2D eigenvalue weighted by Gasteiger charge is 2.34. The van der Waals surface area contributed by atoms with E-state index in [4.69, 9.17) is 23.2 Å². The summed E-state index contributed by atoms with van der Waals surface area (Å²) >= 11 is 12.9. The Morgan fingerprint density at radius 1 is 0.951 bits per heavy atom. The molecule has 11 heteroatoms. The van der Waals surface area contributed by atoms with Crippen LogP contribution in [0.1, 0.15) is 38.3 Å². The number of anilines is 1. The van der Waals surface area contributed by atoms with Gasteiger partial charge in [0.2, 0.25) is 11.8 Å². The highest BCUT2D eigenvalue weighted by atomic mass is 35.5. The lowest BCUT2D eigenvalue weighted by molar-refractivity contribution is -0.140. The van der Waals surface area contributed by atoms with E-state index in [1.807, 2.05) is 20.8 Å². The number of carbonyl (C=O) groups is 2. The van der Waals surface area contributed by atoms with E-state index in [0.717, 1.165) is 34.1 Å². The number of hydrogen-bond acceptors (Lipinski definition) is 4. The van der Waals surface area contributed by atoms with Crippen molar-refractivity contribution in [1.82, 2.24) is 10.2 Å². The van der Waals surface area contributed by atoms with Crippen molar-refractivity contribution in [3.05, 3.63) is 93.7 Å². The number of carbonyl (C=O) groups excluding carboxylic acids is 2. The first-order valence-electron chi connectivity index (χ1n) is 13.2. The van der Waals surface area contributed by atoms with Crippen molar-refractivity contribution in [3.8, 4) is 0 Å². The highest BCUT2D eigenvalue weighted by molar-refractivity contribution is 7.92. The number of sulfonamides is 1. The van der Waals surface area contributed by atoms with Gasteiger partial charge in [0.1, 0.15) is 18.4 Å². The molecule has 41 heavy (non-hydrogen) atoms. The molecule has 3 aromatic rings. The van der Waals surface area contributed by atoms with Crippen LogP contribution < -0.4 is 9.62 Å². The number of nitrogens with zero attached hydrogens (tertiary/aromatic N) is 2. The van der Waals surface area contributed by atoms with E-state index in [0.29, 0.717) is 22.2 Å². The molecule has 1 atom stereocenters. The Balaban J connectivity index is 2.08. The number of halogens is 3. The SMILES string of the molecule is CCC(C(=O)NCC(C)C)N(Cc1c(Cl)cccc1Cl)C(=O)CN(c1ccc(C)cc1)S(=O)(=O)c1ccc(F)cc1. The third-order valence-corrected chi connectivity index (χ3v) is 8.96. The normalized spacial score (nSPS) is 12.2. The summed E-state index contributed by atoms with van der Waals surface area (Å²) in [7, 11) is -4.31. The Morgan fingerprint density at radius 3 is 2.07 bits per heavy atom. The van der Waals surface area contributed by atoms with Crippen LogP contribution in [0.5, 0.6) is 0 Å². The molecule has 0 spiro atoms. The molecule has 0 bridgehead atoms. The van der Waals surface area contributed by atoms with E-state index in [-0.39, 0.29) is 35.4 Å². The molecule has 1 N–H and O–H groups in total. The van der Waals surface area contributed by atoms with E-state index in [1.54, 1.807) is 49.4 Å². The van der Waals surface area contributed by atoms with Crippen LogP contribution >= 0.6 is 23.2 Å². The maximum atomic E-state index is 14.1. The van der Waals surface area contributed by atoms with Gasteiger partial charge in [-0.05, 0) is 67.8 Å². The fraction of sp³-hybridized carbons (Fsp3) is 0.333. The molecular formula is C30H34Cl2FN3O4S. The van der Waals surface area contributed by atoms with Crippen LogP contribution in [0.4, 0.5) is 10.1 Å². The molecule has 220 valence electrons. The molecule has 0 aliphatic carbocycles. The molecule has 0 aliphatic heterocycles. The summed E-state index contributed by atoms with van der Waals surface area (Å²) in [5.41, 5.74) is 1.56. The van der Waals surface area contributed by atoms with Crippen LogP contribution in [0.3, 0.4) is 0 Å². The first kappa shape index (κ1) is 32.4. The highest BCUT2D eigenvalue weighted by Crippen LogP contribution is 2.29. The van der Waals surface area contributed by atoms with E-state index in [2.05, 4.69) is 5.32 Å². The van der Waals surface area contributed by atoms with Gasteiger partial charge in [-0.2, -0.15) is 0 Å². The number of benzene rings is 3. The van der Waals surface area contributed by atoms with Gasteiger partial charge in [0.25, 0.3) is 10.0 Å². The van der Waals surface area contributed by atoms with Crippen molar-refractivity contribution in [2.45, 2.75) is 51.6 Å². The van der Waals surface area contributed by atoms with E-state index < -0.39 is 34.3 Å². The fourth-order valence-corrected chi connectivity index (χ4v) is 6.10. The Hall–Kier alpha value is -3.14. The lowest BCUT2D eigenvalue weighted by atomic mass is 10.1. The fourth-order valence-electron chi connectivity index (χ4n) is 4.17. The Labute approximate surface area is 251 Å². The second kappa shape index (κ2) is 14.2. The molecule has 7 nitrogen and oxygen atoms in total. The molecule has 0 fully saturated rings. The van der Waals surface area contributed by atoms with E-state index >= 15 is 0 Å². The van der Waals surface area contributed by atoms with E-state index in [9.17, 15) is 22.4 Å². The van der Waals surface area contributed by atoms with Gasteiger partial charge in [0, 0.05) is 28.7 Å². The Morgan fingerprint density at radius 2 is 1.54 bits per heavy atom. The van der Waals surface area contributed by atoms with Gasteiger partial charge in [0.15, 0.2) is 0 Å². The molecule has 0 aliphatic rings. The van der Waals surface area contributed by atoms with Crippen molar-refractivity contribution in [1.29, 1.82) is 0 Å². The van der Waals surface area contributed by atoms with Gasteiger partial charge in [0.05, 0.1) is 10.6 Å². The second-order valence-corrected chi connectivity index (χ2v) is 12.8. The van der Waals surface area contributed by atoms with Crippen LogP contribution in [0.2, 0.25) is 10.0 Å². The van der Waals surface area contributed by atoms with Gasteiger partial charge in [-0.3, -0.25) is 13.9 Å². The third-order valence-electron chi connectivity index (χ3n) is 6.46. The van der Waals surface area contributed by atoms with Crippen LogP contribution in [-0.4, -0.2) is 44.3 Å². The third kappa shape index (κ3) is 8.21. The summed E-state index contributed by atoms with van der Waals surface area (Å²) < 4.78 is 42.2. The maximum absolute atomic E-state index is 14.1. The van der Waals surface area contributed by atoms with Crippen molar-refractivity contribution in [2.24, 2.45) is 5.92 Å². The van der Waals surface area contributed by atoms with Crippen molar-refractivity contribution < 1.29 is 22.4 Å². The summed E-state index contributed by atoms with van der Waals surface area (Å²) in [5.74, 6) is -1.43. The average Bonchev–Trinajstić information content (AvgIpc) is 2.92. The summed E-state index contributed by atoms with van der Waals surface area (Å²) in [6, 6.07) is 15.0. The quantitative estimate of drug-likeness (QED) is 0.260. The predicted molar refractivity (Wildman–Crippen MR) is 161 cm³/mol. The minimum atomic E-state index is -4.31. The van der Waals surface area contributed by atoms with Gasteiger partial charge >= 0.3 is 0 Å². The van der Waals surface area contributed by atoms with Gasteiger partial charge in [-0.25, -0.2) is 12.8 Å². The molecule has 0 radical (unpaired) electrons. The van der Waals surface area contributed by atoms with Crippen molar-refractivity contribution in [2.75, 3.05) is 17.4 Å². The summed E-state index contributed by atoms with van der Waals surface area (Å²) in [4.78, 5) is 28.5. The monoisotopic (exact) mass is 621 g/mol. The van der Waals surface area contributed by atoms with Gasteiger partial charge in [-0.15, -0.1) is 0 Å². The zero-order valence-electron chi connectivity index (χ0n) is 23.4. The molecule has 0 heterocycles. The number of aryl methyl sites for hydroxylation is 1. The van der Waals surface area contributed by atoms with Crippen LogP contribution in [0.25, 0.3) is 0 Å². The van der Waals surface area contributed by atoms with Crippen molar-refractivity contribution in [3.63, 3.8) is 0 Å². The standard InChI is InChI=1S/C30H34Cl2FN3O4S/c1-5-28(30(38)34-17-20(2)3)35(18-25-26(31)7-6-8-27(25)32)29(37)19-36(23-13-9-21(4)10-14-23)41(39,40)24-15-11-22(33)12-16-24/h6-16,20,28H,5,17-19H2,1-4H3,(H,34,38). The minimum Gasteiger partial charge on any atom is -0.354 e. The zero-order valence-corrected chi connectivity index (χ0v) is 25.7. The van der Waals surface area contributed by atoms with Crippen LogP contribution in [-0.2, 0) is 26.2 Å². The summed E-state index contributed by atoms with van der Waals surface area (Å²) in [6.45, 7) is 7.17. The smallest absolute Gasteiger partial charge is 0.264 e. The zero-order chi connectivity index (χ0) is 30.3. The van der Waals surface area contributed by atoms with Crippen LogP contribution in [0, 0.1) is 18.7 Å². The molecule has 1 unspecified atom stereocenters. The largest absolute Gasteiger partial charge is 0.354 e. The lowest BCUT2D eigenvalue weighted by Crippen LogP contribution is -2.52. The minimum absolute atomic E-state index is 0.122. The van der Waals surface area contributed by atoms with Crippen molar-refractivity contribution >= 4 is 50.7 Å². The molecule has 2 amide bonds. The molecule has 0 saturated heterocycles. The molecule has 3 rings (SSSR count). The maximum Gasteiger partial charge on any atom is 0.264 e. The number of amides is 2. The predicted octanol–water partition coefficient (Wildman–Crippen LogP) is 6.22. The second-order valence-electron chi connectivity index (χ2n) is 10.1. The topological polar surface area (TPSA) is 86.8 Å². The molecular weight excluding hydrogens is 588 g/mol.